The zero-order valence-electron chi connectivity index (χ0n) is 13.2. The topological polar surface area (TPSA) is 30.5 Å². The lowest BCUT2D eigenvalue weighted by Gasteiger charge is -2.41. The van der Waals surface area contributed by atoms with Gasteiger partial charge in [-0.3, -0.25) is 9.80 Å². The predicted molar refractivity (Wildman–Crippen MR) is 81.0 cm³/mol. The van der Waals surface area contributed by atoms with Gasteiger partial charge in [0.15, 0.2) is 0 Å². The van der Waals surface area contributed by atoms with Crippen LogP contribution in [0.1, 0.15) is 33.6 Å². The maximum atomic E-state index is 3.71. The van der Waals surface area contributed by atoms with Crippen molar-refractivity contribution in [3.8, 4) is 0 Å². The highest BCUT2D eigenvalue weighted by atomic mass is 15.3. The summed E-state index contributed by atoms with van der Waals surface area (Å²) >= 11 is 0. The van der Waals surface area contributed by atoms with Crippen molar-refractivity contribution in [3.05, 3.63) is 0 Å². The molecule has 2 saturated heterocycles. The van der Waals surface area contributed by atoms with Gasteiger partial charge < -0.3 is 10.6 Å². The second-order valence-corrected chi connectivity index (χ2v) is 6.66. The van der Waals surface area contributed by atoms with Crippen LogP contribution in [0.3, 0.4) is 0 Å². The molecule has 0 saturated carbocycles. The normalized spacial score (nSPS) is 38.5. The summed E-state index contributed by atoms with van der Waals surface area (Å²) in [5.41, 5.74) is 0. The van der Waals surface area contributed by atoms with Gasteiger partial charge in [0.25, 0.3) is 0 Å². The third kappa shape index (κ3) is 4.15. The van der Waals surface area contributed by atoms with E-state index in [0.717, 1.165) is 18.4 Å². The largest absolute Gasteiger partial charge is 0.301 e. The fraction of sp³-hybridized carbons (Fsp3) is 1.00. The first kappa shape index (κ1) is 15.2. The average molecular weight is 268 g/mol. The van der Waals surface area contributed by atoms with E-state index < -0.39 is 0 Å². The second kappa shape index (κ2) is 7.02. The van der Waals surface area contributed by atoms with Gasteiger partial charge in [-0.25, -0.2) is 0 Å². The van der Waals surface area contributed by atoms with Crippen molar-refractivity contribution < 1.29 is 0 Å². The van der Waals surface area contributed by atoms with Gasteiger partial charge >= 0.3 is 0 Å². The molecule has 4 nitrogen and oxygen atoms in total. The molecule has 2 rings (SSSR count). The van der Waals surface area contributed by atoms with Crippen LogP contribution in [-0.2, 0) is 0 Å². The van der Waals surface area contributed by atoms with E-state index in [1.807, 2.05) is 0 Å². The Morgan fingerprint density at radius 1 is 0.947 bits per heavy atom. The highest BCUT2D eigenvalue weighted by Gasteiger charge is 2.27. The molecule has 0 spiro atoms. The molecule has 0 bridgehead atoms. The number of nitrogens with zero attached hydrogens (tertiary/aromatic N) is 2. The van der Waals surface area contributed by atoms with Crippen molar-refractivity contribution in [2.24, 2.45) is 11.8 Å². The van der Waals surface area contributed by atoms with E-state index >= 15 is 0 Å². The predicted octanol–water partition coefficient (Wildman–Crippen LogP) is 1.15. The Morgan fingerprint density at radius 3 is 2.16 bits per heavy atom. The Hall–Kier alpha value is -0.160. The maximum absolute atomic E-state index is 3.71. The van der Waals surface area contributed by atoms with Gasteiger partial charge in [0.05, 0.1) is 12.3 Å². The number of nitrogens with one attached hydrogen (secondary N) is 2. The molecule has 112 valence electrons. The molecule has 2 aliphatic rings. The first-order chi connectivity index (χ1) is 9.10. The van der Waals surface area contributed by atoms with Crippen molar-refractivity contribution in [3.63, 3.8) is 0 Å². The fourth-order valence-corrected chi connectivity index (χ4v) is 3.51. The van der Waals surface area contributed by atoms with E-state index in [1.54, 1.807) is 0 Å². The van der Waals surface area contributed by atoms with E-state index in [1.165, 1.54) is 39.0 Å². The molecule has 2 fully saturated rings. The molecule has 4 heteroatoms. The van der Waals surface area contributed by atoms with Crippen LogP contribution in [0.4, 0.5) is 0 Å². The van der Waals surface area contributed by atoms with Crippen molar-refractivity contribution in [1.29, 1.82) is 0 Å². The lowest BCUT2D eigenvalue weighted by molar-refractivity contribution is 0.0735. The molecule has 2 aliphatic heterocycles. The van der Waals surface area contributed by atoms with Gasteiger partial charge in [0.1, 0.15) is 0 Å². The minimum absolute atomic E-state index is 0.566. The van der Waals surface area contributed by atoms with Gasteiger partial charge in [0, 0.05) is 26.2 Å². The molecule has 0 aromatic heterocycles. The molecule has 2 heterocycles. The standard InChI is InChI=1S/C15H32N4/c1-5-19-11-13(3)9-17-15(19)7-6-14-16-8-12(2)10-18(14)4/h12-17H,5-11H2,1-4H3. The van der Waals surface area contributed by atoms with Gasteiger partial charge in [-0.2, -0.15) is 0 Å². The lowest BCUT2D eigenvalue weighted by atomic mass is 10.0. The van der Waals surface area contributed by atoms with Crippen LogP contribution in [0.5, 0.6) is 0 Å². The summed E-state index contributed by atoms with van der Waals surface area (Å²) in [5.74, 6) is 1.56. The van der Waals surface area contributed by atoms with Crippen LogP contribution in [0, 0.1) is 11.8 Å². The molecule has 0 aliphatic carbocycles. The summed E-state index contributed by atoms with van der Waals surface area (Å²) in [4.78, 5) is 5.08. The third-order valence-electron chi connectivity index (χ3n) is 4.64. The Bertz CT molecular complexity index is 271. The first-order valence-electron chi connectivity index (χ1n) is 8.01. The summed E-state index contributed by atoms with van der Waals surface area (Å²) in [6, 6.07) is 0. The summed E-state index contributed by atoms with van der Waals surface area (Å²) in [6.07, 6.45) is 3.63. The highest BCUT2D eigenvalue weighted by molar-refractivity contribution is 4.82. The van der Waals surface area contributed by atoms with Crippen LogP contribution >= 0.6 is 0 Å². The minimum Gasteiger partial charge on any atom is -0.301 e. The van der Waals surface area contributed by atoms with Gasteiger partial charge in [-0.15, -0.1) is 0 Å². The van der Waals surface area contributed by atoms with Crippen LogP contribution in [0.15, 0.2) is 0 Å². The molecule has 0 amide bonds. The Morgan fingerprint density at radius 2 is 1.53 bits per heavy atom. The van der Waals surface area contributed by atoms with Gasteiger partial charge in [-0.05, 0) is 38.3 Å². The zero-order valence-corrected chi connectivity index (χ0v) is 13.2. The second-order valence-electron chi connectivity index (χ2n) is 6.66. The Balaban J connectivity index is 1.78. The van der Waals surface area contributed by atoms with Crippen molar-refractivity contribution in [1.82, 2.24) is 20.4 Å². The molecule has 0 aromatic rings. The Kier molecular flexibility index (Phi) is 5.63. The molecule has 4 unspecified atom stereocenters. The van der Waals surface area contributed by atoms with E-state index in [4.69, 9.17) is 0 Å². The number of rotatable bonds is 4. The molecular weight excluding hydrogens is 236 g/mol. The summed E-state index contributed by atoms with van der Waals surface area (Å²) in [7, 11) is 2.25. The van der Waals surface area contributed by atoms with Crippen molar-refractivity contribution in [2.75, 3.05) is 39.8 Å². The van der Waals surface area contributed by atoms with E-state index in [9.17, 15) is 0 Å². The summed E-state index contributed by atoms with van der Waals surface area (Å²) in [6.45, 7) is 12.9. The maximum Gasteiger partial charge on any atom is 0.0598 e. The minimum atomic E-state index is 0.566. The van der Waals surface area contributed by atoms with Gasteiger partial charge in [-0.1, -0.05) is 20.8 Å². The third-order valence-corrected chi connectivity index (χ3v) is 4.64. The van der Waals surface area contributed by atoms with Crippen LogP contribution < -0.4 is 10.6 Å². The van der Waals surface area contributed by atoms with E-state index in [-0.39, 0.29) is 0 Å². The smallest absolute Gasteiger partial charge is 0.0598 e. The molecule has 19 heavy (non-hydrogen) atoms. The number of hydrogen-bond acceptors (Lipinski definition) is 4. The monoisotopic (exact) mass is 268 g/mol. The van der Waals surface area contributed by atoms with Crippen LogP contribution in [-0.4, -0.2) is 61.9 Å². The molecule has 0 aromatic carbocycles. The van der Waals surface area contributed by atoms with Crippen LogP contribution in [0.2, 0.25) is 0 Å². The molecule has 2 N–H and O–H groups in total. The van der Waals surface area contributed by atoms with Crippen LogP contribution in [0.25, 0.3) is 0 Å². The van der Waals surface area contributed by atoms with Crippen molar-refractivity contribution >= 4 is 0 Å². The Labute approximate surface area is 118 Å². The summed E-state index contributed by atoms with van der Waals surface area (Å²) < 4.78 is 0. The average Bonchev–Trinajstić information content (AvgIpc) is 2.39. The SMILES string of the molecule is CCN1CC(C)CNC1CCC1NCC(C)CN1C. The fourth-order valence-electron chi connectivity index (χ4n) is 3.51. The number of hydrogen-bond donors (Lipinski definition) is 2. The van der Waals surface area contributed by atoms with Crippen molar-refractivity contribution in [2.45, 2.75) is 45.9 Å². The first-order valence-corrected chi connectivity index (χ1v) is 8.01. The van der Waals surface area contributed by atoms with E-state index in [0.29, 0.717) is 12.3 Å². The quantitative estimate of drug-likeness (QED) is 0.801. The zero-order chi connectivity index (χ0) is 13.8. The molecule has 0 radical (unpaired) electrons. The molecular formula is C15H32N4. The summed E-state index contributed by atoms with van der Waals surface area (Å²) in [5, 5.41) is 7.39. The van der Waals surface area contributed by atoms with Gasteiger partial charge in [0.2, 0.25) is 0 Å². The molecule has 4 atom stereocenters. The lowest BCUT2D eigenvalue weighted by Crippen LogP contribution is -2.56. The highest BCUT2D eigenvalue weighted by Crippen LogP contribution is 2.17. The van der Waals surface area contributed by atoms with E-state index in [2.05, 4.69) is 48.3 Å².